The van der Waals surface area contributed by atoms with Gasteiger partial charge in [0.2, 0.25) is 0 Å². The number of rotatable bonds is 4. The Labute approximate surface area is 198 Å². The normalized spacial score (nSPS) is 20.4. The van der Waals surface area contributed by atoms with Crippen molar-refractivity contribution in [2.75, 3.05) is 55.9 Å². The Hall–Kier alpha value is -3.22. The number of benzene rings is 2. The summed E-state index contributed by atoms with van der Waals surface area (Å²) in [5.74, 6) is -1.73. The van der Waals surface area contributed by atoms with E-state index in [-0.39, 0.29) is 18.3 Å². The van der Waals surface area contributed by atoms with Gasteiger partial charge in [0.1, 0.15) is 5.69 Å². The molecule has 12 heteroatoms. The van der Waals surface area contributed by atoms with Gasteiger partial charge in [-0.25, -0.2) is 0 Å². The van der Waals surface area contributed by atoms with E-state index < -0.39 is 28.1 Å². The lowest BCUT2D eigenvalue weighted by molar-refractivity contribution is -0.384. The van der Waals surface area contributed by atoms with Gasteiger partial charge in [-0.2, -0.15) is 13.2 Å². The van der Waals surface area contributed by atoms with Crippen molar-refractivity contribution in [1.29, 1.82) is 0 Å². The number of halogens is 3. The molecule has 3 heterocycles. The standard InChI is InChI=1S/C23H23F3N4O5/c24-23(25,26)16-6-7-19(20(14-16)30(32)33)28-10-8-27(9-11-28)15-29-18-5-2-1-4-17(18)22(21(29)31)34-12-3-13-35-22/h1-2,4-7,14H,3,8-13,15H2. The third kappa shape index (κ3) is 4.11. The number of hydrogen-bond donors (Lipinski definition) is 0. The summed E-state index contributed by atoms with van der Waals surface area (Å²) in [6.07, 6.45) is -3.96. The Morgan fingerprint density at radius 3 is 2.34 bits per heavy atom. The molecule has 2 fully saturated rings. The Bertz CT molecular complexity index is 1140. The molecule has 3 aliphatic rings. The molecule has 2 aromatic carbocycles. The predicted molar refractivity (Wildman–Crippen MR) is 119 cm³/mol. The molecule has 1 amide bonds. The summed E-state index contributed by atoms with van der Waals surface area (Å²) in [5, 5.41) is 11.5. The molecule has 2 saturated heterocycles. The fraction of sp³-hybridized carbons (Fsp3) is 0.435. The van der Waals surface area contributed by atoms with Crippen LogP contribution in [0.2, 0.25) is 0 Å². The number of para-hydroxylation sites is 1. The van der Waals surface area contributed by atoms with Crippen LogP contribution in [0.1, 0.15) is 17.5 Å². The lowest BCUT2D eigenvalue weighted by Crippen LogP contribution is -2.53. The monoisotopic (exact) mass is 492 g/mol. The van der Waals surface area contributed by atoms with Gasteiger partial charge in [0.05, 0.1) is 36.1 Å². The first kappa shape index (κ1) is 23.5. The second-order valence-electron chi connectivity index (χ2n) is 8.62. The number of piperazine rings is 1. The van der Waals surface area contributed by atoms with Crippen molar-refractivity contribution in [1.82, 2.24) is 4.90 Å². The van der Waals surface area contributed by atoms with Crippen LogP contribution in [0.5, 0.6) is 0 Å². The molecule has 5 rings (SSSR count). The van der Waals surface area contributed by atoms with E-state index in [9.17, 15) is 28.1 Å². The van der Waals surface area contributed by atoms with Crippen LogP contribution >= 0.6 is 0 Å². The first-order valence-electron chi connectivity index (χ1n) is 11.2. The van der Waals surface area contributed by atoms with Crippen LogP contribution in [0.4, 0.5) is 30.2 Å². The highest BCUT2D eigenvalue weighted by Crippen LogP contribution is 2.45. The largest absolute Gasteiger partial charge is 0.416 e. The van der Waals surface area contributed by atoms with Crippen molar-refractivity contribution >= 4 is 23.0 Å². The molecule has 35 heavy (non-hydrogen) atoms. The van der Waals surface area contributed by atoms with Gasteiger partial charge in [0.15, 0.2) is 0 Å². The molecule has 186 valence electrons. The zero-order valence-electron chi connectivity index (χ0n) is 18.7. The zero-order valence-corrected chi connectivity index (χ0v) is 18.7. The number of carbonyl (C=O) groups excluding carboxylic acids is 1. The number of amides is 1. The van der Waals surface area contributed by atoms with Crippen molar-refractivity contribution in [2.24, 2.45) is 0 Å². The topological polar surface area (TPSA) is 88.4 Å². The summed E-state index contributed by atoms with van der Waals surface area (Å²) in [7, 11) is 0. The lowest BCUT2D eigenvalue weighted by Gasteiger charge is -2.38. The van der Waals surface area contributed by atoms with Crippen LogP contribution in [0.25, 0.3) is 0 Å². The van der Waals surface area contributed by atoms with Gasteiger partial charge < -0.3 is 14.4 Å². The molecule has 0 aromatic heterocycles. The van der Waals surface area contributed by atoms with Crippen LogP contribution in [-0.2, 0) is 26.2 Å². The fourth-order valence-corrected chi connectivity index (χ4v) is 4.78. The van der Waals surface area contributed by atoms with E-state index >= 15 is 0 Å². The number of carbonyl (C=O) groups is 1. The van der Waals surface area contributed by atoms with Crippen molar-refractivity contribution in [3.05, 3.63) is 63.7 Å². The minimum atomic E-state index is -4.66. The molecule has 0 radical (unpaired) electrons. The maximum Gasteiger partial charge on any atom is 0.416 e. The maximum absolute atomic E-state index is 13.4. The van der Waals surface area contributed by atoms with Crippen LogP contribution in [0.3, 0.4) is 0 Å². The van der Waals surface area contributed by atoms with Gasteiger partial charge in [0.25, 0.3) is 17.4 Å². The van der Waals surface area contributed by atoms with E-state index in [1.54, 1.807) is 9.80 Å². The SMILES string of the molecule is O=C1N(CN2CCN(c3ccc(C(F)(F)F)cc3[N+](=O)[O-])CC2)c2ccccc2C12OCCCO2. The van der Waals surface area contributed by atoms with Crippen molar-refractivity contribution in [3.63, 3.8) is 0 Å². The number of nitro benzene ring substituents is 1. The summed E-state index contributed by atoms with van der Waals surface area (Å²) in [6, 6.07) is 9.91. The second kappa shape index (κ2) is 8.77. The lowest BCUT2D eigenvalue weighted by atomic mass is 10.1. The first-order valence-corrected chi connectivity index (χ1v) is 11.2. The van der Waals surface area contributed by atoms with Gasteiger partial charge in [-0.05, 0) is 24.6 Å². The van der Waals surface area contributed by atoms with Crippen molar-refractivity contribution in [2.45, 2.75) is 18.4 Å². The van der Waals surface area contributed by atoms with E-state index in [0.717, 1.165) is 12.1 Å². The molecule has 0 aliphatic carbocycles. The number of hydrogen-bond acceptors (Lipinski definition) is 7. The summed E-state index contributed by atoms with van der Waals surface area (Å²) in [4.78, 5) is 29.4. The number of nitro groups is 1. The van der Waals surface area contributed by atoms with Gasteiger partial charge in [-0.1, -0.05) is 18.2 Å². The number of alkyl halides is 3. The van der Waals surface area contributed by atoms with E-state index in [0.29, 0.717) is 63.1 Å². The summed E-state index contributed by atoms with van der Waals surface area (Å²) in [5.41, 5.74) is -0.110. The molecule has 0 bridgehead atoms. The van der Waals surface area contributed by atoms with Crippen molar-refractivity contribution < 1.29 is 32.4 Å². The predicted octanol–water partition coefficient (Wildman–Crippen LogP) is 3.33. The smallest absolute Gasteiger partial charge is 0.363 e. The molecule has 0 N–H and O–H groups in total. The van der Waals surface area contributed by atoms with Crippen LogP contribution in [-0.4, -0.2) is 61.8 Å². The van der Waals surface area contributed by atoms with Gasteiger partial charge >= 0.3 is 6.18 Å². The van der Waals surface area contributed by atoms with E-state index in [4.69, 9.17) is 9.47 Å². The van der Waals surface area contributed by atoms with Gasteiger partial charge in [0, 0.05) is 37.8 Å². The zero-order chi connectivity index (χ0) is 24.8. The highest BCUT2D eigenvalue weighted by molar-refractivity contribution is 6.06. The van der Waals surface area contributed by atoms with E-state index in [1.165, 1.54) is 0 Å². The molecule has 3 aliphatic heterocycles. The third-order valence-corrected chi connectivity index (χ3v) is 6.53. The highest BCUT2D eigenvalue weighted by Gasteiger charge is 2.55. The van der Waals surface area contributed by atoms with Crippen molar-refractivity contribution in [3.8, 4) is 0 Å². The molecule has 0 atom stereocenters. The summed E-state index contributed by atoms with van der Waals surface area (Å²) < 4.78 is 50.8. The Kier molecular flexibility index (Phi) is 5.90. The quantitative estimate of drug-likeness (QED) is 0.478. The van der Waals surface area contributed by atoms with E-state index in [1.807, 2.05) is 29.2 Å². The first-order chi connectivity index (χ1) is 16.7. The molecular formula is C23H23F3N4O5. The summed E-state index contributed by atoms with van der Waals surface area (Å²) in [6.45, 7) is 2.73. The van der Waals surface area contributed by atoms with Gasteiger partial charge in [-0.3, -0.25) is 24.7 Å². The van der Waals surface area contributed by atoms with Gasteiger partial charge in [-0.15, -0.1) is 0 Å². The summed E-state index contributed by atoms with van der Waals surface area (Å²) >= 11 is 0. The van der Waals surface area contributed by atoms with Crippen LogP contribution in [0.15, 0.2) is 42.5 Å². The number of ether oxygens (including phenoxy) is 2. The maximum atomic E-state index is 13.4. The molecular weight excluding hydrogens is 469 g/mol. The Morgan fingerprint density at radius 1 is 1.00 bits per heavy atom. The molecule has 0 unspecified atom stereocenters. The van der Waals surface area contributed by atoms with Crippen LogP contribution < -0.4 is 9.80 Å². The van der Waals surface area contributed by atoms with Crippen LogP contribution in [0, 0.1) is 10.1 Å². The average Bonchev–Trinajstić information content (AvgIpc) is 3.07. The molecule has 1 spiro atoms. The molecule has 2 aromatic rings. The number of nitrogens with zero attached hydrogens (tertiary/aromatic N) is 4. The Balaban J connectivity index is 1.31. The highest BCUT2D eigenvalue weighted by atomic mass is 19.4. The second-order valence-corrected chi connectivity index (χ2v) is 8.62. The number of anilines is 2. The minimum Gasteiger partial charge on any atom is -0.363 e. The van der Waals surface area contributed by atoms with E-state index in [2.05, 4.69) is 0 Å². The minimum absolute atomic E-state index is 0.146. The molecule has 0 saturated carbocycles. The Morgan fingerprint density at radius 2 is 1.69 bits per heavy atom. The molecule has 9 nitrogen and oxygen atoms in total. The average molecular weight is 492 g/mol. The number of fused-ring (bicyclic) bond motifs is 2. The fourth-order valence-electron chi connectivity index (χ4n) is 4.78. The third-order valence-electron chi connectivity index (χ3n) is 6.53.